The van der Waals surface area contributed by atoms with Crippen LogP contribution in [0.25, 0.3) is 0 Å². The number of hydrogen-bond acceptors (Lipinski definition) is 3. The molecule has 0 radical (unpaired) electrons. The van der Waals surface area contributed by atoms with Gasteiger partial charge in [-0.05, 0) is 38.0 Å². The molecule has 0 N–H and O–H groups in total. The van der Waals surface area contributed by atoms with E-state index < -0.39 is 11.7 Å². The Balaban J connectivity index is 1.94. The van der Waals surface area contributed by atoms with E-state index in [1.54, 1.807) is 24.7 Å². The number of imidazole rings is 1. The summed E-state index contributed by atoms with van der Waals surface area (Å²) in [6.45, 7) is 4.46. The Morgan fingerprint density at radius 2 is 1.92 bits per heavy atom. The zero-order valence-electron chi connectivity index (χ0n) is 14.6. The zero-order chi connectivity index (χ0) is 18.0. The smallest absolute Gasteiger partial charge is 0.371 e. The fourth-order valence-corrected chi connectivity index (χ4v) is 3.30. The molecule has 3 rings (SSSR count). The molecule has 4 nitrogen and oxygen atoms in total. The lowest BCUT2D eigenvalue weighted by Gasteiger charge is -2.27. The molecule has 2 heterocycles. The van der Waals surface area contributed by atoms with E-state index in [9.17, 15) is 13.2 Å². The monoisotopic (exact) mass is 352 g/mol. The van der Waals surface area contributed by atoms with Gasteiger partial charge in [-0.3, -0.25) is 0 Å². The second-order valence-electron chi connectivity index (χ2n) is 6.40. The standard InChI is InChI=1S/C18H23F3N4/c1-3-24(12-15-11-22-13-23(15)2)14-6-7-17(25-8-4-5-9-25)16(10-14)18(19,20)21/h6-7,10-11,13H,3-5,8-9,12H2,1-2H3. The zero-order valence-corrected chi connectivity index (χ0v) is 14.6. The number of anilines is 2. The van der Waals surface area contributed by atoms with Crippen molar-refractivity contribution in [2.45, 2.75) is 32.5 Å². The first kappa shape index (κ1) is 17.6. The van der Waals surface area contributed by atoms with Crippen LogP contribution in [0.15, 0.2) is 30.7 Å². The highest BCUT2D eigenvalue weighted by Gasteiger charge is 2.36. The number of aromatic nitrogens is 2. The number of rotatable bonds is 5. The SMILES string of the molecule is CCN(Cc1cncn1C)c1ccc(N2CCCC2)c(C(F)(F)F)c1. The van der Waals surface area contributed by atoms with E-state index in [0.717, 1.165) is 18.5 Å². The van der Waals surface area contributed by atoms with Gasteiger partial charge >= 0.3 is 6.18 Å². The largest absolute Gasteiger partial charge is 0.418 e. The molecule has 2 aromatic rings. The average Bonchev–Trinajstić information content (AvgIpc) is 3.23. The van der Waals surface area contributed by atoms with Gasteiger partial charge in [0.25, 0.3) is 0 Å². The van der Waals surface area contributed by atoms with Gasteiger partial charge < -0.3 is 14.4 Å². The molecule has 0 amide bonds. The van der Waals surface area contributed by atoms with E-state index in [1.807, 2.05) is 28.3 Å². The quantitative estimate of drug-likeness (QED) is 0.811. The Labute approximate surface area is 145 Å². The predicted molar refractivity (Wildman–Crippen MR) is 92.8 cm³/mol. The lowest BCUT2D eigenvalue weighted by Crippen LogP contribution is -2.25. The average molecular weight is 352 g/mol. The minimum absolute atomic E-state index is 0.297. The van der Waals surface area contributed by atoms with Crippen LogP contribution in [-0.2, 0) is 19.8 Å². The van der Waals surface area contributed by atoms with Crippen molar-refractivity contribution in [1.29, 1.82) is 0 Å². The Hall–Kier alpha value is -2.18. The summed E-state index contributed by atoms with van der Waals surface area (Å²) >= 11 is 0. The normalized spacial score (nSPS) is 15.0. The van der Waals surface area contributed by atoms with Crippen LogP contribution in [0.2, 0.25) is 0 Å². The number of hydrogen-bond donors (Lipinski definition) is 0. The molecule has 0 bridgehead atoms. The third-order valence-corrected chi connectivity index (χ3v) is 4.75. The van der Waals surface area contributed by atoms with Crippen molar-refractivity contribution in [2.24, 2.45) is 7.05 Å². The van der Waals surface area contributed by atoms with Crippen LogP contribution in [0.5, 0.6) is 0 Å². The van der Waals surface area contributed by atoms with Crippen LogP contribution in [0.4, 0.5) is 24.5 Å². The first-order valence-electron chi connectivity index (χ1n) is 8.56. The minimum atomic E-state index is -4.36. The summed E-state index contributed by atoms with van der Waals surface area (Å²) in [5.41, 5.74) is 1.29. The van der Waals surface area contributed by atoms with Gasteiger partial charge in [0.15, 0.2) is 0 Å². The molecule has 0 unspecified atom stereocenters. The van der Waals surface area contributed by atoms with Crippen molar-refractivity contribution in [3.63, 3.8) is 0 Å². The molecule has 0 saturated carbocycles. The van der Waals surface area contributed by atoms with Crippen molar-refractivity contribution in [3.8, 4) is 0 Å². The van der Waals surface area contributed by atoms with Crippen molar-refractivity contribution < 1.29 is 13.2 Å². The van der Waals surface area contributed by atoms with Gasteiger partial charge in [-0.1, -0.05) is 0 Å². The Morgan fingerprint density at radius 1 is 1.20 bits per heavy atom. The summed E-state index contributed by atoms with van der Waals surface area (Å²) in [4.78, 5) is 7.84. The van der Waals surface area contributed by atoms with Crippen LogP contribution < -0.4 is 9.80 Å². The van der Waals surface area contributed by atoms with Crippen LogP contribution in [0, 0.1) is 0 Å². The third-order valence-electron chi connectivity index (χ3n) is 4.75. The van der Waals surface area contributed by atoms with E-state index in [-0.39, 0.29) is 0 Å². The summed E-state index contributed by atoms with van der Waals surface area (Å²) in [7, 11) is 1.88. The van der Waals surface area contributed by atoms with Gasteiger partial charge in [-0.15, -0.1) is 0 Å². The van der Waals surface area contributed by atoms with Gasteiger partial charge in [-0.2, -0.15) is 13.2 Å². The highest BCUT2D eigenvalue weighted by molar-refractivity contribution is 5.63. The van der Waals surface area contributed by atoms with Crippen LogP contribution in [0.1, 0.15) is 31.0 Å². The van der Waals surface area contributed by atoms with E-state index in [0.29, 0.717) is 37.6 Å². The Kier molecular flexibility index (Phi) is 4.92. The second-order valence-corrected chi connectivity index (χ2v) is 6.40. The van der Waals surface area contributed by atoms with Crippen LogP contribution in [-0.4, -0.2) is 29.2 Å². The summed E-state index contributed by atoms with van der Waals surface area (Å²) in [5, 5.41) is 0. The number of benzene rings is 1. The summed E-state index contributed by atoms with van der Waals surface area (Å²) in [6.07, 6.45) is 0.966. The van der Waals surface area contributed by atoms with Crippen LogP contribution >= 0.6 is 0 Å². The first-order chi connectivity index (χ1) is 11.9. The molecule has 0 spiro atoms. The van der Waals surface area contributed by atoms with E-state index in [1.165, 1.54) is 6.07 Å². The molecule has 0 atom stereocenters. The number of aryl methyl sites for hydroxylation is 1. The van der Waals surface area contributed by atoms with E-state index in [2.05, 4.69) is 4.98 Å². The molecular weight excluding hydrogens is 329 g/mol. The van der Waals surface area contributed by atoms with Crippen molar-refractivity contribution >= 4 is 11.4 Å². The number of alkyl halides is 3. The lowest BCUT2D eigenvalue weighted by atomic mass is 10.1. The van der Waals surface area contributed by atoms with Gasteiger partial charge in [0.2, 0.25) is 0 Å². The van der Waals surface area contributed by atoms with Crippen molar-refractivity contribution in [3.05, 3.63) is 42.0 Å². The number of halogens is 3. The van der Waals surface area contributed by atoms with Crippen molar-refractivity contribution in [2.75, 3.05) is 29.4 Å². The summed E-state index contributed by atoms with van der Waals surface area (Å²) in [5.74, 6) is 0. The molecule has 7 heteroatoms. The molecular formula is C18H23F3N4. The molecule has 25 heavy (non-hydrogen) atoms. The molecule has 1 saturated heterocycles. The summed E-state index contributed by atoms with van der Waals surface area (Å²) in [6, 6.07) is 4.70. The molecule has 1 aromatic carbocycles. The van der Waals surface area contributed by atoms with Gasteiger partial charge in [-0.25, -0.2) is 4.98 Å². The third kappa shape index (κ3) is 3.75. The van der Waals surface area contributed by atoms with E-state index in [4.69, 9.17) is 0 Å². The minimum Gasteiger partial charge on any atom is -0.371 e. The lowest BCUT2D eigenvalue weighted by molar-refractivity contribution is -0.137. The van der Waals surface area contributed by atoms with Gasteiger partial charge in [0.1, 0.15) is 0 Å². The molecule has 1 aliphatic rings. The predicted octanol–water partition coefficient (Wildman–Crippen LogP) is 4.07. The van der Waals surface area contributed by atoms with E-state index >= 15 is 0 Å². The topological polar surface area (TPSA) is 24.3 Å². The van der Waals surface area contributed by atoms with Gasteiger partial charge in [0.05, 0.1) is 24.1 Å². The molecule has 1 fully saturated rings. The highest BCUT2D eigenvalue weighted by Crippen LogP contribution is 2.40. The fraction of sp³-hybridized carbons (Fsp3) is 0.500. The second kappa shape index (κ2) is 6.98. The van der Waals surface area contributed by atoms with Gasteiger partial charge in [0, 0.05) is 44.3 Å². The Morgan fingerprint density at radius 3 is 2.48 bits per heavy atom. The fourth-order valence-electron chi connectivity index (χ4n) is 3.30. The Bertz CT molecular complexity index is 717. The summed E-state index contributed by atoms with van der Waals surface area (Å²) < 4.78 is 42.8. The maximum Gasteiger partial charge on any atom is 0.418 e. The maximum absolute atomic E-state index is 13.6. The highest BCUT2D eigenvalue weighted by atomic mass is 19.4. The number of nitrogens with zero attached hydrogens (tertiary/aromatic N) is 4. The molecule has 1 aliphatic heterocycles. The van der Waals surface area contributed by atoms with Crippen molar-refractivity contribution in [1.82, 2.24) is 9.55 Å². The van der Waals surface area contributed by atoms with Crippen LogP contribution in [0.3, 0.4) is 0 Å². The first-order valence-corrected chi connectivity index (χ1v) is 8.56. The molecule has 136 valence electrons. The molecule has 1 aromatic heterocycles. The molecule has 0 aliphatic carbocycles. The maximum atomic E-state index is 13.6.